The molecule has 1 aromatic rings. The van der Waals surface area contributed by atoms with Crippen LogP contribution in [0.4, 0.5) is 0 Å². The molecule has 0 aliphatic carbocycles. The Morgan fingerprint density at radius 2 is 1.38 bits per heavy atom. The quantitative estimate of drug-likeness (QED) is 0.331. The third-order valence-corrected chi connectivity index (χ3v) is 5.80. The number of likely N-dealkylation sites (N-methyl/N-ethyl adjacent to an activating group) is 1. The van der Waals surface area contributed by atoms with E-state index in [9.17, 15) is 5.11 Å². The van der Waals surface area contributed by atoms with Gasteiger partial charge in [0.1, 0.15) is 0 Å². The monoisotopic (exact) mass is 510 g/mol. The van der Waals surface area contributed by atoms with Crippen LogP contribution >= 0.6 is 0 Å². The van der Waals surface area contributed by atoms with Gasteiger partial charge in [-0.25, -0.2) is 0 Å². The molecule has 0 aromatic heterocycles. The van der Waals surface area contributed by atoms with Crippen molar-refractivity contribution in [2.75, 3.05) is 33.2 Å². The number of benzene rings is 1. The fourth-order valence-electron chi connectivity index (χ4n) is 2.42. The summed E-state index contributed by atoms with van der Waals surface area (Å²) in [7, 11) is -0.712. The minimum absolute atomic E-state index is 0. The molecule has 5 nitrogen and oxygen atoms in total. The van der Waals surface area contributed by atoms with Gasteiger partial charge in [-0.15, -0.1) is 18.7 Å². The Labute approximate surface area is 215 Å². The molecule has 1 rings (SSSR count). The molecular weight excluding hydrogens is 464 g/mol. The van der Waals surface area contributed by atoms with E-state index in [-0.39, 0.29) is 21.7 Å². The number of nitrogens with zero attached hydrogens (tertiary/aromatic N) is 4. The predicted octanol–water partition coefficient (Wildman–Crippen LogP) is 6.24. The van der Waals surface area contributed by atoms with Crippen LogP contribution in [0.1, 0.15) is 33.3 Å². The molecule has 0 aliphatic heterocycles. The summed E-state index contributed by atoms with van der Waals surface area (Å²) in [6.07, 6.45) is 0. The minimum Gasteiger partial charge on any atom is -0.850 e. The molecule has 0 heterocycles. The van der Waals surface area contributed by atoms with E-state index in [1.165, 1.54) is 5.56 Å². The second-order valence-corrected chi connectivity index (χ2v) is 20.2. The Morgan fingerprint density at radius 1 is 0.906 bits per heavy atom. The Kier molecular flexibility index (Phi) is 16.3. The van der Waals surface area contributed by atoms with Gasteiger partial charge in [0, 0.05) is 0 Å². The van der Waals surface area contributed by atoms with Gasteiger partial charge < -0.3 is 25.3 Å². The number of hydrogen-bond acceptors (Lipinski definition) is 2. The van der Waals surface area contributed by atoms with Gasteiger partial charge in [-0.2, -0.15) is 11.4 Å². The SMILES string of the molecule is C/C([N-]CCN(C)CC[N-][Si](C)(C)C)=C(/[N-][Si](C)(C)C)c1ccccc1.CC(C)(C)[O-].[Ti+4]. The minimum atomic E-state index is -1.57. The normalized spacial score (nSPS) is 12.9. The molecule has 0 atom stereocenters. The van der Waals surface area contributed by atoms with E-state index >= 15 is 0 Å². The molecule has 1 aromatic carbocycles. The first-order chi connectivity index (χ1) is 14.0. The molecule has 180 valence electrons. The average Bonchev–Trinajstić information content (AvgIpc) is 2.57. The third-order valence-electron chi connectivity index (χ3n) is 3.74. The largest absolute Gasteiger partial charge is 4.00 e. The van der Waals surface area contributed by atoms with Gasteiger partial charge in [0.05, 0.1) is 0 Å². The smallest absolute Gasteiger partial charge is 0.850 e. The number of allylic oxidation sites excluding steroid dienone is 1. The standard InChI is InChI=1S/C20H37N4Si2.C4H9O.Ti/c1-18(21-14-16-24(2)17-15-22-25(3,4)5)20(23-26(6,7)8)19-12-10-9-11-13-19;1-4(2,3)5;/h9-13H,14-17H2,1-8H3;1-3H3;/q-3;-1;+4/b20-18-;;. The molecule has 0 fully saturated rings. The molecule has 0 N–H and O–H groups in total. The second kappa shape index (κ2) is 15.5. The van der Waals surface area contributed by atoms with Crippen LogP contribution < -0.4 is 5.11 Å². The van der Waals surface area contributed by atoms with Crippen LogP contribution in [0.3, 0.4) is 0 Å². The molecule has 0 saturated carbocycles. The van der Waals surface area contributed by atoms with E-state index in [1.807, 2.05) is 6.07 Å². The average molecular weight is 511 g/mol. The summed E-state index contributed by atoms with van der Waals surface area (Å²) in [5, 5.41) is 14.9. The maximum absolute atomic E-state index is 10.1. The van der Waals surface area contributed by atoms with Gasteiger partial charge in [-0.1, -0.05) is 106 Å². The molecular formula is C24H46N4OSi2Ti. The molecule has 0 saturated heterocycles. The van der Waals surface area contributed by atoms with Gasteiger partial charge in [0.25, 0.3) is 0 Å². The van der Waals surface area contributed by atoms with Gasteiger partial charge in [0.2, 0.25) is 0 Å². The predicted molar refractivity (Wildman–Crippen MR) is 143 cm³/mol. The van der Waals surface area contributed by atoms with Crippen LogP contribution in [0.2, 0.25) is 39.3 Å². The molecule has 0 bridgehead atoms. The van der Waals surface area contributed by atoms with E-state index in [2.05, 4.69) is 82.4 Å². The van der Waals surface area contributed by atoms with Crippen LogP contribution in [0.5, 0.6) is 0 Å². The van der Waals surface area contributed by atoms with Gasteiger partial charge in [-0.05, 0) is 33.9 Å². The molecule has 0 spiro atoms. The molecule has 0 radical (unpaired) electrons. The van der Waals surface area contributed by atoms with Crippen LogP contribution in [0, 0.1) is 0 Å². The van der Waals surface area contributed by atoms with Crippen molar-refractivity contribution >= 4 is 22.2 Å². The van der Waals surface area contributed by atoms with Crippen molar-refractivity contribution in [2.24, 2.45) is 0 Å². The van der Waals surface area contributed by atoms with E-state index < -0.39 is 22.1 Å². The van der Waals surface area contributed by atoms with E-state index in [0.717, 1.165) is 37.6 Å². The van der Waals surface area contributed by atoms with Crippen LogP contribution in [-0.4, -0.2) is 60.2 Å². The first-order valence-electron chi connectivity index (χ1n) is 11.2. The number of hydrogen-bond donors (Lipinski definition) is 0. The van der Waals surface area contributed by atoms with Gasteiger partial charge in [-0.3, -0.25) is 0 Å². The summed E-state index contributed by atoms with van der Waals surface area (Å²) < 4.78 is 0. The Morgan fingerprint density at radius 3 is 1.81 bits per heavy atom. The zero-order valence-corrected chi connectivity index (χ0v) is 26.0. The Balaban J connectivity index is 0. The zero-order chi connectivity index (χ0) is 24.3. The Bertz CT molecular complexity index is 645. The van der Waals surface area contributed by atoms with E-state index in [0.29, 0.717) is 0 Å². The summed E-state index contributed by atoms with van der Waals surface area (Å²) in [4.78, 5) is 12.2. The second-order valence-electron chi connectivity index (χ2n) is 10.9. The molecule has 8 heteroatoms. The molecule has 0 aliphatic rings. The van der Waals surface area contributed by atoms with Gasteiger partial charge >= 0.3 is 21.7 Å². The first-order valence-corrected chi connectivity index (χ1v) is 18.1. The number of rotatable bonds is 11. The molecule has 0 unspecified atom stereocenters. The Hall–Kier alpha value is -0.412. The van der Waals surface area contributed by atoms with Crippen molar-refractivity contribution in [1.29, 1.82) is 0 Å². The van der Waals surface area contributed by atoms with Crippen molar-refractivity contribution in [2.45, 2.75) is 72.6 Å². The third kappa shape index (κ3) is 21.4. The fourth-order valence-corrected chi connectivity index (χ4v) is 4.15. The van der Waals surface area contributed by atoms with Crippen molar-refractivity contribution in [1.82, 2.24) is 4.90 Å². The zero-order valence-electron chi connectivity index (χ0n) is 22.4. The van der Waals surface area contributed by atoms with Crippen LogP contribution in [-0.2, 0) is 21.7 Å². The van der Waals surface area contributed by atoms with Crippen molar-refractivity contribution in [3.8, 4) is 0 Å². The van der Waals surface area contributed by atoms with Crippen molar-refractivity contribution < 1.29 is 26.8 Å². The fraction of sp³-hybridized carbons (Fsp3) is 0.667. The van der Waals surface area contributed by atoms with Crippen LogP contribution in [0.15, 0.2) is 36.0 Å². The molecule has 32 heavy (non-hydrogen) atoms. The summed E-state index contributed by atoms with van der Waals surface area (Å²) in [6.45, 7) is 24.3. The molecule has 0 amide bonds. The summed E-state index contributed by atoms with van der Waals surface area (Å²) in [6, 6.07) is 10.4. The first kappa shape index (κ1) is 33.8. The summed E-state index contributed by atoms with van der Waals surface area (Å²) in [5.41, 5.74) is 2.51. The van der Waals surface area contributed by atoms with Crippen LogP contribution in [0.25, 0.3) is 21.0 Å². The van der Waals surface area contributed by atoms with Gasteiger partial charge in [0.15, 0.2) is 0 Å². The maximum atomic E-state index is 10.1. The summed E-state index contributed by atoms with van der Waals surface area (Å²) >= 11 is 0. The summed E-state index contributed by atoms with van der Waals surface area (Å²) in [5.74, 6) is 0. The van der Waals surface area contributed by atoms with Crippen molar-refractivity contribution in [3.63, 3.8) is 0 Å². The van der Waals surface area contributed by atoms with Crippen molar-refractivity contribution in [3.05, 3.63) is 56.9 Å². The van der Waals surface area contributed by atoms with E-state index in [4.69, 9.17) is 15.3 Å². The maximum Gasteiger partial charge on any atom is 4.00 e. The topological polar surface area (TPSA) is 68.6 Å². The van der Waals surface area contributed by atoms with E-state index in [1.54, 1.807) is 20.8 Å².